The van der Waals surface area contributed by atoms with Gasteiger partial charge in [-0.25, -0.2) is 4.68 Å². The second kappa shape index (κ2) is 6.71. The maximum Gasteiger partial charge on any atom is 0.0689 e. The van der Waals surface area contributed by atoms with E-state index in [4.69, 9.17) is 0 Å². The minimum atomic E-state index is 0.960. The molecule has 0 spiro atoms. The fraction of sp³-hybridized carbons (Fsp3) is 0.200. The van der Waals surface area contributed by atoms with E-state index in [1.54, 1.807) is 0 Å². The van der Waals surface area contributed by atoms with Gasteiger partial charge < -0.3 is 0 Å². The van der Waals surface area contributed by atoms with E-state index in [1.165, 1.54) is 11.1 Å². The Morgan fingerprint density at radius 2 is 1.71 bits per heavy atom. The van der Waals surface area contributed by atoms with Gasteiger partial charge in [-0.2, -0.15) is 10.2 Å². The van der Waals surface area contributed by atoms with Crippen molar-refractivity contribution >= 4 is 11.9 Å². The molecule has 3 aromatic rings. The molecule has 24 heavy (non-hydrogen) atoms. The number of aromatic nitrogens is 2. The first-order valence-corrected chi connectivity index (χ1v) is 8.04. The average Bonchev–Trinajstić information content (AvgIpc) is 2.87. The highest BCUT2D eigenvalue weighted by Gasteiger charge is 2.10. The predicted molar refractivity (Wildman–Crippen MR) is 100 cm³/mol. The zero-order chi connectivity index (χ0) is 17.1. The van der Waals surface area contributed by atoms with Crippen LogP contribution in [0.15, 0.2) is 53.6 Å². The minimum Gasteiger partial charge on any atom is -0.278 e. The second-order valence-corrected chi connectivity index (χ2v) is 6.00. The molecule has 0 saturated carbocycles. The Kier molecular flexibility index (Phi) is 4.47. The fourth-order valence-electron chi connectivity index (χ4n) is 2.64. The van der Waals surface area contributed by atoms with Gasteiger partial charge in [-0.3, -0.25) is 5.43 Å². The number of rotatable bonds is 4. The number of nitrogens with one attached hydrogen (secondary N) is 1. The largest absolute Gasteiger partial charge is 0.278 e. The molecule has 4 nitrogen and oxygen atoms in total. The van der Waals surface area contributed by atoms with Crippen molar-refractivity contribution in [3.05, 3.63) is 76.6 Å². The average molecular weight is 318 g/mol. The first-order valence-electron chi connectivity index (χ1n) is 8.04. The highest BCUT2D eigenvalue weighted by molar-refractivity contribution is 5.83. The van der Waals surface area contributed by atoms with Gasteiger partial charge in [-0.15, -0.1) is 0 Å². The Bertz CT molecular complexity index is 876. The van der Waals surface area contributed by atoms with Gasteiger partial charge in [0.15, 0.2) is 0 Å². The van der Waals surface area contributed by atoms with E-state index in [2.05, 4.69) is 48.5 Å². The van der Waals surface area contributed by atoms with Gasteiger partial charge in [-0.1, -0.05) is 24.3 Å². The smallest absolute Gasteiger partial charge is 0.0689 e. The summed E-state index contributed by atoms with van der Waals surface area (Å²) in [4.78, 5) is 0. The molecular formula is C20H22N4. The van der Waals surface area contributed by atoms with E-state index in [1.807, 2.05) is 54.2 Å². The van der Waals surface area contributed by atoms with Crippen molar-refractivity contribution in [2.75, 3.05) is 5.43 Å². The second-order valence-electron chi connectivity index (χ2n) is 6.00. The molecule has 0 aliphatic rings. The lowest BCUT2D eigenvalue weighted by atomic mass is 10.1. The lowest BCUT2D eigenvalue weighted by molar-refractivity contribution is 0.833. The molecule has 0 saturated heterocycles. The molecule has 3 rings (SSSR count). The van der Waals surface area contributed by atoms with Crippen molar-refractivity contribution in [3.8, 4) is 5.69 Å². The first kappa shape index (κ1) is 16.0. The SMILES string of the molecule is Cc1ccc(N/N=C/c2c(C)nn(-c3ccccc3)c2C)cc1C. The van der Waals surface area contributed by atoms with Crippen molar-refractivity contribution in [1.82, 2.24) is 9.78 Å². The van der Waals surface area contributed by atoms with E-state index < -0.39 is 0 Å². The van der Waals surface area contributed by atoms with Crippen LogP contribution in [0.1, 0.15) is 28.1 Å². The van der Waals surface area contributed by atoms with Crippen LogP contribution in [0, 0.1) is 27.7 Å². The Morgan fingerprint density at radius 1 is 0.958 bits per heavy atom. The number of anilines is 1. The molecule has 122 valence electrons. The monoisotopic (exact) mass is 318 g/mol. The summed E-state index contributed by atoms with van der Waals surface area (Å²) in [7, 11) is 0. The number of hydrogen-bond donors (Lipinski definition) is 1. The molecule has 0 aliphatic heterocycles. The molecule has 1 heterocycles. The Labute approximate surface area is 142 Å². The van der Waals surface area contributed by atoms with Gasteiger partial charge in [0.05, 0.1) is 29.0 Å². The standard InChI is InChI=1S/C20H22N4/c1-14-10-11-18(12-15(14)2)22-21-13-20-16(3)23-24(17(20)4)19-8-6-5-7-9-19/h5-13,22H,1-4H3/b21-13+. The predicted octanol–water partition coefficient (Wildman–Crippen LogP) is 4.55. The van der Waals surface area contributed by atoms with Crippen LogP contribution in [-0.2, 0) is 0 Å². The summed E-state index contributed by atoms with van der Waals surface area (Å²) < 4.78 is 1.95. The number of aryl methyl sites for hydroxylation is 3. The molecule has 0 amide bonds. The molecule has 0 bridgehead atoms. The first-order chi connectivity index (χ1) is 11.6. The van der Waals surface area contributed by atoms with Gasteiger partial charge in [0.1, 0.15) is 0 Å². The van der Waals surface area contributed by atoms with Crippen molar-refractivity contribution in [2.45, 2.75) is 27.7 Å². The van der Waals surface area contributed by atoms with E-state index in [9.17, 15) is 0 Å². The summed E-state index contributed by atoms with van der Waals surface area (Å²) in [5.41, 5.74) is 10.7. The van der Waals surface area contributed by atoms with Crippen LogP contribution in [0.25, 0.3) is 5.69 Å². The van der Waals surface area contributed by atoms with Crippen LogP contribution in [0.5, 0.6) is 0 Å². The van der Waals surface area contributed by atoms with Crippen molar-refractivity contribution < 1.29 is 0 Å². The number of benzene rings is 2. The molecule has 2 aromatic carbocycles. The third-order valence-corrected chi connectivity index (χ3v) is 4.24. The van der Waals surface area contributed by atoms with E-state index in [0.717, 1.165) is 28.3 Å². The van der Waals surface area contributed by atoms with Gasteiger partial charge in [0.25, 0.3) is 0 Å². The maximum absolute atomic E-state index is 4.63. The summed E-state index contributed by atoms with van der Waals surface area (Å²) in [6, 6.07) is 16.4. The van der Waals surface area contributed by atoms with E-state index in [-0.39, 0.29) is 0 Å². The van der Waals surface area contributed by atoms with Crippen molar-refractivity contribution in [1.29, 1.82) is 0 Å². The Balaban J connectivity index is 1.82. The Hall–Kier alpha value is -2.88. The van der Waals surface area contributed by atoms with Crippen LogP contribution in [0.2, 0.25) is 0 Å². The normalized spacial score (nSPS) is 11.2. The molecule has 1 aromatic heterocycles. The zero-order valence-corrected chi connectivity index (χ0v) is 14.5. The molecular weight excluding hydrogens is 296 g/mol. The van der Waals surface area contributed by atoms with Crippen LogP contribution in [0.3, 0.4) is 0 Å². The minimum absolute atomic E-state index is 0.960. The topological polar surface area (TPSA) is 42.2 Å². The van der Waals surface area contributed by atoms with Crippen LogP contribution in [0.4, 0.5) is 5.69 Å². The maximum atomic E-state index is 4.63. The molecule has 0 aliphatic carbocycles. The summed E-state index contributed by atoms with van der Waals surface area (Å²) in [5, 5.41) is 9.01. The summed E-state index contributed by atoms with van der Waals surface area (Å²) in [6.45, 7) is 8.27. The summed E-state index contributed by atoms with van der Waals surface area (Å²) in [5.74, 6) is 0. The van der Waals surface area contributed by atoms with Gasteiger partial charge in [0, 0.05) is 5.56 Å². The Morgan fingerprint density at radius 3 is 2.42 bits per heavy atom. The molecule has 4 heteroatoms. The molecule has 0 fully saturated rings. The molecule has 0 atom stereocenters. The van der Waals surface area contributed by atoms with Gasteiger partial charge >= 0.3 is 0 Å². The number of hydrogen-bond acceptors (Lipinski definition) is 3. The van der Waals surface area contributed by atoms with Crippen LogP contribution in [-0.4, -0.2) is 16.0 Å². The lowest BCUT2D eigenvalue weighted by Crippen LogP contribution is -1.99. The number of para-hydroxylation sites is 1. The number of hydrazone groups is 1. The van der Waals surface area contributed by atoms with E-state index in [0.29, 0.717) is 0 Å². The van der Waals surface area contributed by atoms with Crippen molar-refractivity contribution in [3.63, 3.8) is 0 Å². The summed E-state index contributed by atoms with van der Waals surface area (Å²) in [6.07, 6.45) is 1.84. The molecule has 0 radical (unpaired) electrons. The van der Waals surface area contributed by atoms with Crippen LogP contribution >= 0.6 is 0 Å². The third-order valence-electron chi connectivity index (χ3n) is 4.24. The zero-order valence-electron chi connectivity index (χ0n) is 14.5. The van der Waals surface area contributed by atoms with Gasteiger partial charge in [-0.05, 0) is 63.1 Å². The third kappa shape index (κ3) is 3.23. The quantitative estimate of drug-likeness (QED) is 0.566. The molecule has 0 unspecified atom stereocenters. The van der Waals surface area contributed by atoms with E-state index >= 15 is 0 Å². The highest BCUT2D eigenvalue weighted by atomic mass is 15.3. The lowest BCUT2D eigenvalue weighted by Gasteiger charge is -2.05. The highest BCUT2D eigenvalue weighted by Crippen LogP contribution is 2.17. The van der Waals surface area contributed by atoms with Gasteiger partial charge in [0.2, 0.25) is 0 Å². The van der Waals surface area contributed by atoms with Crippen molar-refractivity contribution in [2.24, 2.45) is 5.10 Å². The summed E-state index contributed by atoms with van der Waals surface area (Å²) >= 11 is 0. The fourth-order valence-corrected chi connectivity index (χ4v) is 2.64. The number of nitrogens with zero attached hydrogens (tertiary/aromatic N) is 3. The molecule has 1 N–H and O–H groups in total. The van der Waals surface area contributed by atoms with Crippen LogP contribution < -0.4 is 5.43 Å².